The van der Waals surface area contributed by atoms with Gasteiger partial charge in [-0.15, -0.1) is 0 Å². The third-order valence-corrected chi connectivity index (χ3v) is 3.74. The van der Waals surface area contributed by atoms with Gasteiger partial charge in [0.2, 0.25) is 0 Å². The predicted molar refractivity (Wildman–Crippen MR) is 71.4 cm³/mol. The highest BCUT2D eigenvalue weighted by Gasteiger charge is 2.23. The van der Waals surface area contributed by atoms with Crippen LogP contribution in [0.25, 0.3) is 0 Å². The van der Waals surface area contributed by atoms with Gasteiger partial charge in [0.25, 0.3) is 0 Å². The van der Waals surface area contributed by atoms with Crippen molar-refractivity contribution in [2.75, 3.05) is 7.11 Å². The fraction of sp³-hybridized carbons (Fsp3) is 0.600. The zero-order chi connectivity index (χ0) is 12.5. The van der Waals surface area contributed by atoms with Crippen LogP contribution in [0.4, 0.5) is 0 Å². The maximum Gasteiger partial charge on any atom is 0.123 e. The molecule has 17 heavy (non-hydrogen) atoms. The standard InChI is InChI=1S/C15H23NO/c1-15(2,16)13-10-12(8-9-14(13)17-3)11-6-4-5-7-11/h8-11H,4-7,16H2,1-3H3. The Labute approximate surface area is 104 Å². The summed E-state index contributed by atoms with van der Waals surface area (Å²) in [6, 6.07) is 6.51. The summed E-state index contributed by atoms with van der Waals surface area (Å²) in [5.74, 6) is 1.63. The molecule has 2 N–H and O–H groups in total. The van der Waals surface area contributed by atoms with E-state index in [1.54, 1.807) is 7.11 Å². The summed E-state index contributed by atoms with van der Waals surface area (Å²) in [5, 5.41) is 0. The molecule has 0 bridgehead atoms. The van der Waals surface area contributed by atoms with Crippen LogP contribution < -0.4 is 10.5 Å². The Balaban J connectivity index is 2.37. The number of rotatable bonds is 3. The minimum absolute atomic E-state index is 0.347. The first-order valence-corrected chi connectivity index (χ1v) is 6.49. The number of ether oxygens (including phenoxy) is 1. The van der Waals surface area contributed by atoms with Crippen molar-refractivity contribution >= 4 is 0 Å². The van der Waals surface area contributed by atoms with Crippen LogP contribution in [0, 0.1) is 0 Å². The average molecular weight is 233 g/mol. The Hall–Kier alpha value is -1.02. The lowest BCUT2D eigenvalue weighted by Crippen LogP contribution is -2.29. The quantitative estimate of drug-likeness (QED) is 0.866. The largest absolute Gasteiger partial charge is 0.496 e. The molecule has 1 aliphatic rings. The lowest BCUT2D eigenvalue weighted by Gasteiger charge is -2.24. The van der Waals surface area contributed by atoms with E-state index >= 15 is 0 Å². The van der Waals surface area contributed by atoms with Crippen molar-refractivity contribution in [1.29, 1.82) is 0 Å². The van der Waals surface area contributed by atoms with Crippen LogP contribution in [0.5, 0.6) is 5.75 Å². The van der Waals surface area contributed by atoms with Crippen LogP contribution in [0.15, 0.2) is 18.2 Å². The second-order valence-electron chi connectivity index (χ2n) is 5.66. The van der Waals surface area contributed by atoms with E-state index in [4.69, 9.17) is 10.5 Å². The highest BCUT2D eigenvalue weighted by atomic mass is 16.5. The van der Waals surface area contributed by atoms with Crippen LogP contribution in [-0.2, 0) is 5.54 Å². The van der Waals surface area contributed by atoms with Crippen molar-refractivity contribution in [1.82, 2.24) is 0 Å². The zero-order valence-electron chi connectivity index (χ0n) is 11.1. The first-order valence-electron chi connectivity index (χ1n) is 6.49. The van der Waals surface area contributed by atoms with E-state index in [0.29, 0.717) is 0 Å². The molecule has 2 heteroatoms. The fourth-order valence-electron chi connectivity index (χ4n) is 2.74. The van der Waals surface area contributed by atoms with E-state index in [1.165, 1.54) is 31.2 Å². The van der Waals surface area contributed by atoms with E-state index < -0.39 is 0 Å². The number of methoxy groups -OCH3 is 1. The summed E-state index contributed by atoms with van der Waals surface area (Å²) < 4.78 is 5.41. The fourth-order valence-corrected chi connectivity index (χ4v) is 2.74. The molecule has 0 amide bonds. The SMILES string of the molecule is COc1ccc(C2CCCC2)cc1C(C)(C)N. The summed E-state index contributed by atoms with van der Waals surface area (Å²) in [4.78, 5) is 0. The van der Waals surface area contributed by atoms with Crippen LogP contribution in [0.1, 0.15) is 56.6 Å². The van der Waals surface area contributed by atoms with Gasteiger partial charge in [0.05, 0.1) is 7.11 Å². The molecular weight excluding hydrogens is 210 g/mol. The van der Waals surface area contributed by atoms with Gasteiger partial charge in [-0.25, -0.2) is 0 Å². The molecule has 0 radical (unpaired) electrons. The van der Waals surface area contributed by atoms with E-state index in [-0.39, 0.29) is 5.54 Å². The smallest absolute Gasteiger partial charge is 0.123 e. The minimum Gasteiger partial charge on any atom is -0.496 e. The van der Waals surface area contributed by atoms with Gasteiger partial charge in [-0.05, 0) is 50.3 Å². The summed E-state index contributed by atoms with van der Waals surface area (Å²) in [7, 11) is 1.71. The van der Waals surface area contributed by atoms with Gasteiger partial charge in [-0.3, -0.25) is 0 Å². The summed E-state index contributed by atoms with van der Waals surface area (Å²) in [5.41, 5.74) is 8.42. The van der Waals surface area contributed by atoms with Crippen molar-refractivity contribution in [3.8, 4) is 5.75 Å². The van der Waals surface area contributed by atoms with Gasteiger partial charge in [-0.1, -0.05) is 18.9 Å². The molecule has 0 atom stereocenters. The molecule has 1 aliphatic carbocycles. The summed E-state index contributed by atoms with van der Waals surface area (Å²) in [6.07, 6.45) is 5.35. The highest BCUT2D eigenvalue weighted by molar-refractivity contribution is 5.42. The van der Waals surface area contributed by atoms with Gasteiger partial charge in [0.1, 0.15) is 5.75 Å². The normalized spacial score (nSPS) is 17.4. The molecule has 0 saturated heterocycles. The molecule has 1 saturated carbocycles. The van der Waals surface area contributed by atoms with Crippen molar-refractivity contribution in [2.45, 2.75) is 51.0 Å². The number of hydrogen-bond acceptors (Lipinski definition) is 2. The third kappa shape index (κ3) is 2.63. The lowest BCUT2D eigenvalue weighted by atomic mass is 9.89. The molecule has 1 aromatic rings. The van der Waals surface area contributed by atoms with Gasteiger partial charge >= 0.3 is 0 Å². The number of hydrogen-bond donors (Lipinski definition) is 1. The van der Waals surface area contributed by atoms with Crippen molar-refractivity contribution < 1.29 is 4.74 Å². The van der Waals surface area contributed by atoms with Gasteiger partial charge in [0.15, 0.2) is 0 Å². The van der Waals surface area contributed by atoms with Crippen molar-refractivity contribution in [3.05, 3.63) is 29.3 Å². The van der Waals surface area contributed by atoms with Crippen LogP contribution in [-0.4, -0.2) is 7.11 Å². The zero-order valence-corrected chi connectivity index (χ0v) is 11.1. The predicted octanol–water partition coefficient (Wildman–Crippen LogP) is 3.55. The average Bonchev–Trinajstić information content (AvgIpc) is 2.80. The molecule has 1 fully saturated rings. The van der Waals surface area contributed by atoms with E-state index in [1.807, 2.05) is 13.8 Å². The monoisotopic (exact) mass is 233 g/mol. The van der Waals surface area contributed by atoms with Crippen LogP contribution >= 0.6 is 0 Å². The maximum absolute atomic E-state index is 6.22. The third-order valence-electron chi connectivity index (χ3n) is 3.74. The second kappa shape index (κ2) is 4.69. The Morgan fingerprint density at radius 1 is 1.24 bits per heavy atom. The molecule has 2 rings (SSSR count). The van der Waals surface area contributed by atoms with Crippen molar-refractivity contribution in [2.24, 2.45) is 5.73 Å². The Morgan fingerprint density at radius 2 is 1.88 bits per heavy atom. The van der Waals surface area contributed by atoms with Gasteiger partial charge < -0.3 is 10.5 Å². The van der Waals surface area contributed by atoms with E-state index in [9.17, 15) is 0 Å². The lowest BCUT2D eigenvalue weighted by molar-refractivity contribution is 0.394. The molecule has 1 aromatic carbocycles. The number of nitrogens with two attached hydrogens (primary N) is 1. The molecular formula is C15H23NO. The number of benzene rings is 1. The first kappa shape index (κ1) is 12.4. The molecule has 0 aliphatic heterocycles. The minimum atomic E-state index is -0.347. The van der Waals surface area contributed by atoms with Crippen molar-refractivity contribution in [3.63, 3.8) is 0 Å². The van der Waals surface area contributed by atoms with Crippen LogP contribution in [0.2, 0.25) is 0 Å². The first-order chi connectivity index (χ1) is 8.02. The molecule has 0 aromatic heterocycles. The summed E-state index contributed by atoms with van der Waals surface area (Å²) in [6.45, 7) is 4.06. The highest BCUT2D eigenvalue weighted by Crippen LogP contribution is 2.37. The molecule has 0 spiro atoms. The Bertz CT molecular complexity index is 386. The molecule has 94 valence electrons. The maximum atomic E-state index is 6.22. The molecule has 2 nitrogen and oxygen atoms in total. The molecule has 0 heterocycles. The Morgan fingerprint density at radius 3 is 2.41 bits per heavy atom. The summed E-state index contributed by atoms with van der Waals surface area (Å²) >= 11 is 0. The molecule has 0 unspecified atom stereocenters. The van der Waals surface area contributed by atoms with E-state index in [0.717, 1.165) is 17.2 Å². The van der Waals surface area contributed by atoms with Crippen LogP contribution in [0.3, 0.4) is 0 Å². The van der Waals surface area contributed by atoms with Gasteiger partial charge in [-0.2, -0.15) is 0 Å². The van der Waals surface area contributed by atoms with Gasteiger partial charge in [0, 0.05) is 11.1 Å². The van der Waals surface area contributed by atoms with E-state index in [2.05, 4.69) is 18.2 Å². The Kier molecular flexibility index (Phi) is 3.43. The topological polar surface area (TPSA) is 35.2 Å². The second-order valence-corrected chi connectivity index (χ2v) is 5.66.